The van der Waals surface area contributed by atoms with Crippen LogP contribution >= 0.6 is 15.9 Å². The van der Waals surface area contributed by atoms with Gasteiger partial charge in [-0.25, -0.2) is 0 Å². The van der Waals surface area contributed by atoms with Crippen molar-refractivity contribution in [2.24, 2.45) is 0 Å². The predicted molar refractivity (Wildman–Crippen MR) is 87.9 cm³/mol. The molecule has 2 aromatic carbocycles. The van der Waals surface area contributed by atoms with Crippen molar-refractivity contribution in [3.05, 3.63) is 57.1 Å². The van der Waals surface area contributed by atoms with Gasteiger partial charge in [-0.1, -0.05) is 22.0 Å². The van der Waals surface area contributed by atoms with Crippen LogP contribution in [0.2, 0.25) is 0 Å². The van der Waals surface area contributed by atoms with Gasteiger partial charge in [-0.2, -0.15) is 0 Å². The summed E-state index contributed by atoms with van der Waals surface area (Å²) < 4.78 is 11.1. The van der Waals surface area contributed by atoms with Crippen LogP contribution in [0.25, 0.3) is 0 Å². The highest BCUT2D eigenvalue weighted by Gasteiger charge is 2.15. The first-order valence-corrected chi connectivity index (χ1v) is 7.29. The van der Waals surface area contributed by atoms with Gasteiger partial charge in [0.05, 0.1) is 12.0 Å². The number of carbonyl (C=O) groups excluding carboxylic acids is 1. The fourth-order valence-electron chi connectivity index (χ4n) is 1.81. The maximum Gasteiger partial charge on any atom is 0.311 e. The molecule has 1 amide bonds. The summed E-state index contributed by atoms with van der Waals surface area (Å²) in [5.41, 5.74) is 0.465. The largest absolute Gasteiger partial charge is 0.490 e. The monoisotopic (exact) mass is 380 g/mol. The number of halogens is 1. The summed E-state index contributed by atoms with van der Waals surface area (Å²) in [4.78, 5) is 22.1. The molecule has 0 saturated heterocycles. The van der Waals surface area contributed by atoms with Gasteiger partial charge >= 0.3 is 5.69 Å². The van der Waals surface area contributed by atoms with E-state index in [-0.39, 0.29) is 24.0 Å². The fourth-order valence-corrected chi connectivity index (χ4v) is 2.21. The van der Waals surface area contributed by atoms with E-state index in [4.69, 9.17) is 9.47 Å². The van der Waals surface area contributed by atoms with Gasteiger partial charge in [-0.3, -0.25) is 14.9 Å². The van der Waals surface area contributed by atoms with E-state index < -0.39 is 4.92 Å². The van der Waals surface area contributed by atoms with Crippen LogP contribution in [0.5, 0.6) is 11.5 Å². The molecule has 0 spiro atoms. The molecule has 0 atom stereocenters. The van der Waals surface area contributed by atoms with Crippen molar-refractivity contribution in [2.45, 2.75) is 0 Å². The van der Waals surface area contributed by atoms with Crippen LogP contribution in [0.4, 0.5) is 11.4 Å². The van der Waals surface area contributed by atoms with Crippen molar-refractivity contribution >= 4 is 33.2 Å². The number of ether oxygens (including phenoxy) is 2. The van der Waals surface area contributed by atoms with E-state index in [1.807, 2.05) is 6.07 Å². The van der Waals surface area contributed by atoms with E-state index in [1.54, 1.807) is 18.2 Å². The van der Waals surface area contributed by atoms with Gasteiger partial charge in [0.1, 0.15) is 5.75 Å². The summed E-state index contributed by atoms with van der Waals surface area (Å²) >= 11 is 3.31. The average Bonchev–Trinajstić information content (AvgIpc) is 2.52. The van der Waals surface area contributed by atoms with Crippen molar-refractivity contribution in [1.29, 1.82) is 0 Å². The molecule has 0 heterocycles. The van der Waals surface area contributed by atoms with Crippen LogP contribution in [-0.2, 0) is 4.79 Å². The lowest BCUT2D eigenvalue weighted by Gasteiger charge is -2.09. The Morgan fingerprint density at radius 1 is 1.30 bits per heavy atom. The number of rotatable bonds is 6. The molecule has 0 fully saturated rings. The van der Waals surface area contributed by atoms with E-state index >= 15 is 0 Å². The lowest BCUT2D eigenvalue weighted by atomic mass is 10.3. The minimum absolute atomic E-state index is 0.0694. The summed E-state index contributed by atoms with van der Waals surface area (Å²) in [6.07, 6.45) is 0. The second kappa shape index (κ2) is 7.59. The summed E-state index contributed by atoms with van der Waals surface area (Å²) in [5.74, 6) is 0.0251. The molecule has 120 valence electrons. The highest BCUT2D eigenvalue weighted by molar-refractivity contribution is 9.10. The highest BCUT2D eigenvalue weighted by Crippen LogP contribution is 2.30. The number of anilines is 1. The molecule has 0 unspecified atom stereocenters. The van der Waals surface area contributed by atoms with Crippen LogP contribution in [0.3, 0.4) is 0 Å². The Kier molecular flexibility index (Phi) is 5.53. The molecule has 7 nitrogen and oxygen atoms in total. The van der Waals surface area contributed by atoms with Gasteiger partial charge in [0, 0.05) is 22.3 Å². The Hall–Kier alpha value is -2.61. The zero-order valence-electron chi connectivity index (χ0n) is 12.1. The molecule has 0 bridgehead atoms. The Morgan fingerprint density at radius 3 is 2.74 bits per heavy atom. The quantitative estimate of drug-likeness (QED) is 0.612. The summed E-state index contributed by atoms with van der Waals surface area (Å²) in [5, 5.41) is 13.5. The third kappa shape index (κ3) is 4.68. The standard InChI is InChI=1S/C15H13BrN2O5/c1-22-14-8-12(5-6-13(14)18(20)21)23-9-15(19)17-11-4-2-3-10(16)7-11/h2-8H,9H2,1H3,(H,17,19). The molecule has 0 aliphatic carbocycles. The third-order valence-electron chi connectivity index (χ3n) is 2.83. The van der Waals surface area contributed by atoms with Crippen molar-refractivity contribution < 1.29 is 19.2 Å². The number of nitrogens with one attached hydrogen (secondary N) is 1. The van der Waals surface area contributed by atoms with Gasteiger partial charge in [0.15, 0.2) is 6.61 Å². The van der Waals surface area contributed by atoms with E-state index in [0.717, 1.165) is 4.47 Å². The molecular formula is C15H13BrN2O5. The first kappa shape index (κ1) is 16.8. The van der Waals surface area contributed by atoms with Gasteiger partial charge in [0.2, 0.25) is 5.75 Å². The minimum atomic E-state index is -0.553. The first-order valence-electron chi connectivity index (χ1n) is 6.50. The highest BCUT2D eigenvalue weighted by atomic mass is 79.9. The van der Waals surface area contributed by atoms with Crippen LogP contribution in [0.15, 0.2) is 46.9 Å². The molecule has 0 radical (unpaired) electrons. The van der Waals surface area contributed by atoms with Gasteiger partial charge < -0.3 is 14.8 Å². The Labute approximate surface area is 140 Å². The van der Waals surface area contributed by atoms with Crippen LogP contribution in [0.1, 0.15) is 0 Å². The molecule has 8 heteroatoms. The molecule has 23 heavy (non-hydrogen) atoms. The second-order valence-electron chi connectivity index (χ2n) is 4.44. The normalized spacial score (nSPS) is 10.0. The number of hydrogen-bond acceptors (Lipinski definition) is 5. The smallest absolute Gasteiger partial charge is 0.311 e. The zero-order valence-corrected chi connectivity index (χ0v) is 13.7. The minimum Gasteiger partial charge on any atom is -0.490 e. The van der Waals surface area contributed by atoms with Crippen molar-refractivity contribution in [1.82, 2.24) is 0 Å². The number of nitro groups is 1. The predicted octanol–water partition coefficient (Wildman–Crippen LogP) is 3.38. The second-order valence-corrected chi connectivity index (χ2v) is 5.35. The molecule has 0 aliphatic heterocycles. The summed E-state index contributed by atoms with van der Waals surface area (Å²) in [7, 11) is 1.33. The number of nitrogens with zero attached hydrogens (tertiary/aromatic N) is 1. The van der Waals surface area contributed by atoms with E-state index in [2.05, 4.69) is 21.2 Å². The molecule has 0 saturated carbocycles. The molecule has 2 aromatic rings. The Morgan fingerprint density at radius 2 is 2.09 bits per heavy atom. The van der Waals surface area contributed by atoms with E-state index in [1.165, 1.54) is 25.3 Å². The van der Waals surface area contributed by atoms with Crippen LogP contribution in [0, 0.1) is 10.1 Å². The van der Waals surface area contributed by atoms with Crippen molar-refractivity contribution in [3.63, 3.8) is 0 Å². The number of carbonyl (C=O) groups is 1. The van der Waals surface area contributed by atoms with E-state index in [9.17, 15) is 14.9 Å². The maximum absolute atomic E-state index is 11.8. The van der Waals surface area contributed by atoms with E-state index in [0.29, 0.717) is 11.4 Å². The first-order chi connectivity index (χ1) is 11.0. The molecule has 1 N–H and O–H groups in total. The zero-order chi connectivity index (χ0) is 16.8. The topological polar surface area (TPSA) is 90.7 Å². The van der Waals surface area contributed by atoms with Crippen molar-refractivity contribution in [3.8, 4) is 11.5 Å². The van der Waals surface area contributed by atoms with Gasteiger partial charge in [-0.05, 0) is 24.3 Å². The number of benzene rings is 2. The molecule has 2 rings (SSSR count). The van der Waals surface area contributed by atoms with Crippen molar-refractivity contribution in [2.75, 3.05) is 19.0 Å². The Bertz CT molecular complexity index is 736. The number of nitro benzene ring substituents is 1. The lowest BCUT2D eigenvalue weighted by molar-refractivity contribution is -0.385. The summed E-state index contributed by atoms with van der Waals surface area (Å²) in [6.45, 7) is -0.229. The van der Waals surface area contributed by atoms with Crippen LogP contribution < -0.4 is 14.8 Å². The maximum atomic E-state index is 11.8. The molecular weight excluding hydrogens is 368 g/mol. The van der Waals surface area contributed by atoms with Crippen LogP contribution in [-0.4, -0.2) is 24.5 Å². The van der Waals surface area contributed by atoms with Gasteiger partial charge in [-0.15, -0.1) is 0 Å². The summed E-state index contributed by atoms with van der Waals surface area (Å²) in [6, 6.07) is 11.2. The molecule has 0 aliphatic rings. The Balaban J connectivity index is 1.97. The SMILES string of the molecule is COc1cc(OCC(=O)Nc2cccc(Br)c2)ccc1[N+](=O)[O-]. The van der Waals surface area contributed by atoms with Gasteiger partial charge in [0.25, 0.3) is 5.91 Å². The average molecular weight is 381 g/mol. The number of amides is 1. The fraction of sp³-hybridized carbons (Fsp3) is 0.133. The third-order valence-corrected chi connectivity index (χ3v) is 3.32. The number of hydrogen-bond donors (Lipinski definition) is 1. The lowest BCUT2D eigenvalue weighted by Crippen LogP contribution is -2.20. The number of methoxy groups -OCH3 is 1. The molecule has 0 aromatic heterocycles.